The van der Waals surface area contributed by atoms with Crippen molar-refractivity contribution in [3.63, 3.8) is 0 Å². The van der Waals surface area contributed by atoms with Gasteiger partial charge in [-0.3, -0.25) is 0 Å². The molecule has 20 heavy (non-hydrogen) atoms. The van der Waals surface area contributed by atoms with Gasteiger partial charge in [-0.2, -0.15) is 0 Å². The molecule has 0 unspecified atom stereocenters. The zero-order valence-corrected chi connectivity index (χ0v) is 14.1. The molecule has 0 aliphatic rings. The van der Waals surface area contributed by atoms with Crippen molar-refractivity contribution in [1.82, 2.24) is 9.55 Å². The van der Waals surface area contributed by atoms with Crippen LogP contribution in [0.25, 0.3) is 11.3 Å². The quantitative estimate of drug-likeness (QED) is 0.827. The summed E-state index contributed by atoms with van der Waals surface area (Å²) >= 11 is 9.72. The van der Waals surface area contributed by atoms with Crippen LogP contribution in [0.5, 0.6) is 0 Å². The Morgan fingerprint density at radius 1 is 1.35 bits per heavy atom. The van der Waals surface area contributed by atoms with Crippen molar-refractivity contribution in [3.05, 3.63) is 33.5 Å². The van der Waals surface area contributed by atoms with Gasteiger partial charge >= 0.3 is 0 Å². The average molecular weight is 357 g/mol. The number of imidazole rings is 1. The normalized spacial score (nSPS) is 11.0. The summed E-state index contributed by atoms with van der Waals surface area (Å²) in [7, 11) is 0. The Balaban J connectivity index is 2.49. The highest BCUT2D eigenvalue weighted by molar-refractivity contribution is 9.10. The second kappa shape index (κ2) is 6.64. The van der Waals surface area contributed by atoms with Crippen LogP contribution in [0.15, 0.2) is 22.7 Å². The molecule has 108 valence electrons. The van der Waals surface area contributed by atoms with Gasteiger partial charge in [-0.25, -0.2) is 4.98 Å². The van der Waals surface area contributed by atoms with Gasteiger partial charge in [0.15, 0.2) is 0 Å². The molecule has 2 N–H and O–H groups in total. The Kier molecular flexibility index (Phi) is 5.11. The first-order valence-electron chi connectivity index (χ1n) is 6.88. The van der Waals surface area contributed by atoms with Gasteiger partial charge in [0.1, 0.15) is 17.3 Å². The Labute approximate surface area is 133 Å². The number of halogens is 2. The van der Waals surface area contributed by atoms with E-state index in [0.29, 0.717) is 10.8 Å². The molecule has 0 fully saturated rings. The standard InChI is InChI=1S/C15H19BrClN3/c1-3-5-8-20-13(4-2)19-14(15(20)18)11-7-6-10(16)9-12(11)17/h6-7,9H,3-5,8,18H2,1-2H3. The summed E-state index contributed by atoms with van der Waals surface area (Å²) in [6.07, 6.45) is 3.10. The van der Waals surface area contributed by atoms with Gasteiger partial charge in [0, 0.05) is 23.0 Å². The minimum atomic E-state index is 0.661. The van der Waals surface area contributed by atoms with Crippen molar-refractivity contribution in [3.8, 4) is 11.3 Å². The monoisotopic (exact) mass is 355 g/mol. The molecule has 0 atom stereocenters. The molecule has 2 aromatic rings. The molecule has 1 heterocycles. The van der Waals surface area contributed by atoms with Crippen LogP contribution in [0.3, 0.4) is 0 Å². The third-order valence-corrected chi connectivity index (χ3v) is 4.13. The number of nitrogens with two attached hydrogens (primary N) is 1. The van der Waals surface area contributed by atoms with Gasteiger partial charge in [0.25, 0.3) is 0 Å². The van der Waals surface area contributed by atoms with E-state index in [1.54, 1.807) is 0 Å². The van der Waals surface area contributed by atoms with Crippen LogP contribution in [0.4, 0.5) is 5.82 Å². The number of hydrogen-bond donors (Lipinski definition) is 1. The number of aryl methyl sites for hydroxylation is 1. The van der Waals surface area contributed by atoms with E-state index in [1.165, 1.54) is 0 Å². The molecule has 0 saturated carbocycles. The van der Waals surface area contributed by atoms with Crippen molar-refractivity contribution in [2.75, 3.05) is 5.73 Å². The molecule has 0 aliphatic heterocycles. The molecule has 0 spiro atoms. The SMILES string of the molecule is CCCCn1c(CC)nc(-c2ccc(Br)cc2Cl)c1N. The minimum absolute atomic E-state index is 0.661. The smallest absolute Gasteiger partial charge is 0.131 e. The highest BCUT2D eigenvalue weighted by atomic mass is 79.9. The molecule has 0 radical (unpaired) electrons. The van der Waals surface area contributed by atoms with E-state index in [0.717, 1.165) is 47.4 Å². The first-order chi connectivity index (χ1) is 9.58. The lowest BCUT2D eigenvalue weighted by molar-refractivity contribution is 0.612. The summed E-state index contributed by atoms with van der Waals surface area (Å²) in [6.45, 7) is 5.18. The predicted octanol–water partition coefficient (Wildman–Crippen LogP) is 4.91. The summed E-state index contributed by atoms with van der Waals surface area (Å²) in [5, 5.41) is 0.661. The fourth-order valence-electron chi connectivity index (χ4n) is 2.23. The molecule has 5 heteroatoms. The largest absolute Gasteiger partial charge is 0.383 e. The topological polar surface area (TPSA) is 43.8 Å². The summed E-state index contributed by atoms with van der Waals surface area (Å²) in [4.78, 5) is 4.68. The van der Waals surface area contributed by atoms with E-state index < -0.39 is 0 Å². The van der Waals surface area contributed by atoms with Gasteiger partial charge in [-0.1, -0.05) is 53.9 Å². The second-order valence-electron chi connectivity index (χ2n) is 4.74. The lowest BCUT2D eigenvalue weighted by Gasteiger charge is -2.08. The molecular weight excluding hydrogens is 338 g/mol. The third kappa shape index (κ3) is 3.01. The number of unbranched alkanes of at least 4 members (excludes halogenated alkanes) is 1. The second-order valence-corrected chi connectivity index (χ2v) is 6.07. The minimum Gasteiger partial charge on any atom is -0.383 e. The first-order valence-corrected chi connectivity index (χ1v) is 8.05. The van der Waals surface area contributed by atoms with Crippen LogP contribution < -0.4 is 5.73 Å². The Morgan fingerprint density at radius 2 is 2.10 bits per heavy atom. The van der Waals surface area contributed by atoms with Crippen molar-refractivity contribution >= 4 is 33.3 Å². The van der Waals surface area contributed by atoms with E-state index in [2.05, 4.69) is 39.3 Å². The highest BCUT2D eigenvalue weighted by Crippen LogP contribution is 2.34. The van der Waals surface area contributed by atoms with Crippen LogP contribution in [-0.2, 0) is 13.0 Å². The molecule has 0 saturated heterocycles. The lowest BCUT2D eigenvalue weighted by atomic mass is 10.1. The van der Waals surface area contributed by atoms with Gasteiger partial charge in [-0.05, 0) is 18.6 Å². The van der Waals surface area contributed by atoms with Crippen molar-refractivity contribution < 1.29 is 0 Å². The number of nitrogens with zero attached hydrogens (tertiary/aromatic N) is 2. The zero-order valence-electron chi connectivity index (χ0n) is 11.8. The molecular formula is C15H19BrClN3. The molecule has 0 bridgehead atoms. The molecule has 0 aliphatic carbocycles. The molecule has 0 amide bonds. The van der Waals surface area contributed by atoms with Crippen molar-refractivity contribution in [1.29, 1.82) is 0 Å². The third-order valence-electron chi connectivity index (χ3n) is 3.32. The molecule has 3 nitrogen and oxygen atoms in total. The number of rotatable bonds is 5. The zero-order chi connectivity index (χ0) is 14.7. The first kappa shape index (κ1) is 15.4. The number of anilines is 1. The van der Waals surface area contributed by atoms with E-state index in [1.807, 2.05) is 18.2 Å². The Morgan fingerprint density at radius 3 is 2.70 bits per heavy atom. The maximum Gasteiger partial charge on any atom is 0.131 e. The molecule has 1 aromatic heterocycles. The van der Waals surface area contributed by atoms with Crippen LogP contribution in [0.1, 0.15) is 32.5 Å². The predicted molar refractivity (Wildman–Crippen MR) is 89.1 cm³/mol. The van der Waals surface area contributed by atoms with E-state index in [9.17, 15) is 0 Å². The van der Waals surface area contributed by atoms with Gasteiger partial charge in [0.2, 0.25) is 0 Å². The van der Waals surface area contributed by atoms with Crippen LogP contribution >= 0.6 is 27.5 Å². The summed E-state index contributed by atoms with van der Waals surface area (Å²) < 4.78 is 3.06. The van der Waals surface area contributed by atoms with E-state index in [-0.39, 0.29) is 0 Å². The summed E-state index contributed by atoms with van der Waals surface area (Å²) in [6, 6.07) is 5.78. The van der Waals surface area contributed by atoms with Gasteiger partial charge in [0.05, 0.1) is 5.02 Å². The maximum absolute atomic E-state index is 6.31. The summed E-state index contributed by atoms with van der Waals surface area (Å²) in [5.41, 5.74) is 7.96. The van der Waals surface area contributed by atoms with Crippen LogP contribution in [0, 0.1) is 0 Å². The fourth-order valence-corrected chi connectivity index (χ4v) is 2.99. The molecule has 1 aromatic carbocycles. The lowest BCUT2D eigenvalue weighted by Crippen LogP contribution is -2.06. The van der Waals surface area contributed by atoms with Crippen LogP contribution in [-0.4, -0.2) is 9.55 Å². The van der Waals surface area contributed by atoms with Crippen molar-refractivity contribution in [2.24, 2.45) is 0 Å². The number of aromatic nitrogens is 2. The Hall–Kier alpha value is -1.00. The number of benzene rings is 1. The number of nitrogen functional groups attached to an aromatic ring is 1. The average Bonchev–Trinajstić information content (AvgIpc) is 2.73. The number of hydrogen-bond acceptors (Lipinski definition) is 2. The van der Waals surface area contributed by atoms with E-state index in [4.69, 9.17) is 17.3 Å². The maximum atomic E-state index is 6.31. The van der Waals surface area contributed by atoms with Crippen molar-refractivity contribution in [2.45, 2.75) is 39.7 Å². The Bertz CT molecular complexity index is 607. The van der Waals surface area contributed by atoms with Gasteiger partial charge < -0.3 is 10.3 Å². The highest BCUT2D eigenvalue weighted by Gasteiger charge is 2.17. The summed E-state index contributed by atoms with van der Waals surface area (Å²) in [5.74, 6) is 1.73. The van der Waals surface area contributed by atoms with Gasteiger partial charge in [-0.15, -0.1) is 0 Å². The fraction of sp³-hybridized carbons (Fsp3) is 0.400. The van der Waals surface area contributed by atoms with E-state index >= 15 is 0 Å². The van der Waals surface area contributed by atoms with Crippen LogP contribution in [0.2, 0.25) is 5.02 Å². The molecule has 2 rings (SSSR count).